The molecule has 1 aliphatic rings. The largest absolute Gasteiger partial charge is 0.495 e. The number of aromatic nitrogens is 1. The van der Waals surface area contributed by atoms with Crippen LogP contribution >= 0.6 is 0 Å². The van der Waals surface area contributed by atoms with Gasteiger partial charge in [0.25, 0.3) is 5.91 Å². The fourth-order valence-corrected chi connectivity index (χ4v) is 5.70. The number of amides is 1. The number of halogens is 3. The maximum atomic E-state index is 13.4. The highest BCUT2D eigenvalue weighted by atomic mass is 32.2. The summed E-state index contributed by atoms with van der Waals surface area (Å²) in [4.78, 5) is 18.6. The molecule has 2 heterocycles. The molecular weight excluding hydrogens is 557 g/mol. The summed E-state index contributed by atoms with van der Waals surface area (Å²) in [5.74, 6) is 6.10. The van der Waals surface area contributed by atoms with Crippen molar-refractivity contribution in [1.29, 1.82) is 0 Å². The molecule has 1 aromatic heterocycles. The second-order valence-electron chi connectivity index (χ2n) is 10.4. The van der Waals surface area contributed by atoms with Crippen LogP contribution in [-0.4, -0.2) is 76.5 Å². The van der Waals surface area contributed by atoms with Crippen LogP contribution in [0.3, 0.4) is 0 Å². The highest BCUT2D eigenvalue weighted by Crippen LogP contribution is 2.30. The Hall–Kier alpha value is -3.69. The molecule has 1 aliphatic heterocycles. The first-order chi connectivity index (χ1) is 19.2. The van der Waals surface area contributed by atoms with Crippen molar-refractivity contribution in [3.8, 4) is 17.6 Å². The summed E-state index contributed by atoms with van der Waals surface area (Å²) in [6.07, 6.45) is -2.41. The monoisotopic (exact) mass is 590 g/mol. The maximum Gasteiger partial charge on any atom is 0.393 e. The molecule has 0 saturated carbocycles. The molecule has 0 aliphatic carbocycles. The Kier molecular flexibility index (Phi) is 8.89. The molecule has 0 bridgehead atoms. The van der Waals surface area contributed by atoms with Crippen molar-refractivity contribution in [3.05, 3.63) is 53.2 Å². The fraction of sp³-hybridized carbons (Fsp3) is 0.414. The minimum Gasteiger partial charge on any atom is -0.495 e. The number of nitrogens with one attached hydrogen (secondary N) is 3. The van der Waals surface area contributed by atoms with E-state index in [1.165, 1.54) is 31.5 Å². The molecule has 2 atom stereocenters. The molecule has 0 spiro atoms. The summed E-state index contributed by atoms with van der Waals surface area (Å²) in [6, 6.07) is 7.47. The third-order valence-electron chi connectivity index (χ3n) is 7.13. The minimum atomic E-state index is -4.42. The van der Waals surface area contributed by atoms with Crippen LogP contribution in [0, 0.1) is 17.8 Å². The van der Waals surface area contributed by atoms with E-state index in [4.69, 9.17) is 4.74 Å². The van der Waals surface area contributed by atoms with Crippen molar-refractivity contribution in [2.24, 2.45) is 5.92 Å². The van der Waals surface area contributed by atoms with E-state index in [1.54, 1.807) is 12.1 Å². The van der Waals surface area contributed by atoms with Crippen LogP contribution in [0.2, 0.25) is 0 Å². The number of methoxy groups -OCH3 is 1. The van der Waals surface area contributed by atoms with Crippen LogP contribution in [0.4, 0.5) is 18.9 Å². The van der Waals surface area contributed by atoms with E-state index in [0.717, 1.165) is 25.8 Å². The number of rotatable bonds is 7. The number of hydrogen-bond donors (Lipinski definition) is 3. The minimum absolute atomic E-state index is 0.0262. The number of ether oxygens (including phenoxy) is 1. The first kappa shape index (κ1) is 30.3. The maximum absolute atomic E-state index is 13.4. The second kappa shape index (κ2) is 12.0. The lowest BCUT2D eigenvalue weighted by Crippen LogP contribution is -2.48. The first-order valence-electron chi connectivity index (χ1n) is 13.1. The van der Waals surface area contributed by atoms with E-state index in [9.17, 15) is 26.4 Å². The number of likely N-dealkylation sites (tertiary alicyclic amines) is 1. The average molecular weight is 591 g/mol. The van der Waals surface area contributed by atoms with Gasteiger partial charge in [-0.2, -0.15) is 13.2 Å². The zero-order chi connectivity index (χ0) is 29.9. The number of aromatic amines is 1. The molecule has 220 valence electrons. The Morgan fingerprint density at radius 3 is 2.66 bits per heavy atom. The number of H-pyrrole nitrogens is 1. The summed E-state index contributed by atoms with van der Waals surface area (Å²) in [7, 11) is 0.0354. The van der Waals surface area contributed by atoms with Gasteiger partial charge in [-0.3, -0.25) is 4.79 Å². The van der Waals surface area contributed by atoms with Gasteiger partial charge >= 0.3 is 6.18 Å². The molecule has 8 nitrogen and oxygen atoms in total. The summed E-state index contributed by atoms with van der Waals surface area (Å²) in [5.41, 5.74) is 1.37. The van der Waals surface area contributed by atoms with Crippen LogP contribution in [-0.2, 0) is 16.3 Å². The summed E-state index contributed by atoms with van der Waals surface area (Å²) >= 11 is 0. The van der Waals surface area contributed by atoms with Crippen molar-refractivity contribution >= 4 is 32.3 Å². The van der Waals surface area contributed by atoms with Gasteiger partial charge in [-0.05, 0) is 61.8 Å². The van der Waals surface area contributed by atoms with Crippen molar-refractivity contribution in [2.45, 2.75) is 36.9 Å². The zero-order valence-corrected chi connectivity index (χ0v) is 24.1. The molecule has 1 fully saturated rings. The third-order valence-corrected chi connectivity index (χ3v) is 8.24. The van der Waals surface area contributed by atoms with E-state index >= 15 is 0 Å². The van der Waals surface area contributed by atoms with Gasteiger partial charge in [0.2, 0.25) is 0 Å². The van der Waals surface area contributed by atoms with Gasteiger partial charge in [-0.15, -0.1) is 0 Å². The molecule has 4 rings (SSSR count). The van der Waals surface area contributed by atoms with Crippen molar-refractivity contribution in [3.63, 3.8) is 0 Å². The standard InChI is InChI=1S/C29H33F3N4O4S/c1-18-17-36(2)11-9-24(18)35-28(37)23-13-19(12-22-20(15-29(30,31)32)16-34-27(22)23)6-5-10-33-25-14-21(41(4,38)39)7-8-26(25)40-3/h7-8,12-14,16,18,24,33-34H,9-11,15,17H2,1-4H3,(H,35,37)/t18-,24-/m0/s1. The number of anilines is 1. The second-order valence-corrected chi connectivity index (χ2v) is 12.5. The number of carbonyl (C=O) groups excluding carboxylic acids is 1. The van der Waals surface area contributed by atoms with Crippen LogP contribution < -0.4 is 15.4 Å². The van der Waals surface area contributed by atoms with Gasteiger partial charge in [0, 0.05) is 36.0 Å². The number of carbonyl (C=O) groups is 1. The lowest BCUT2D eigenvalue weighted by atomic mass is 9.93. The molecule has 2 aromatic carbocycles. The van der Waals surface area contributed by atoms with E-state index in [1.807, 2.05) is 7.05 Å². The van der Waals surface area contributed by atoms with E-state index in [-0.39, 0.29) is 45.8 Å². The normalized spacial score (nSPS) is 18.0. The third kappa shape index (κ3) is 7.54. The van der Waals surface area contributed by atoms with Gasteiger partial charge in [0.1, 0.15) is 5.75 Å². The summed E-state index contributed by atoms with van der Waals surface area (Å²) in [6.45, 7) is 3.80. The van der Waals surface area contributed by atoms with Gasteiger partial charge in [-0.1, -0.05) is 18.8 Å². The number of benzene rings is 2. The SMILES string of the molecule is COc1ccc(S(C)(=O)=O)cc1NCC#Cc1cc(C(=O)N[C@H]2CCN(C)C[C@@H]2C)c2[nH]cc(CC(F)(F)F)c2c1. The number of alkyl halides is 3. The van der Waals surface area contributed by atoms with Gasteiger partial charge in [0.05, 0.1) is 41.7 Å². The Morgan fingerprint density at radius 2 is 2.00 bits per heavy atom. The number of nitrogens with zero attached hydrogens (tertiary/aromatic N) is 1. The Bertz CT molecular complexity index is 1610. The summed E-state index contributed by atoms with van der Waals surface area (Å²) < 4.78 is 69.0. The van der Waals surface area contributed by atoms with E-state index < -0.39 is 22.4 Å². The van der Waals surface area contributed by atoms with Crippen LogP contribution in [0.25, 0.3) is 10.9 Å². The Balaban J connectivity index is 1.63. The van der Waals surface area contributed by atoms with Crippen LogP contribution in [0.1, 0.15) is 34.8 Å². The van der Waals surface area contributed by atoms with E-state index in [0.29, 0.717) is 22.5 Å². The van der Waals surface area contributed by atoms with Crippen molar-refractivity contribution in [2.75, 3.05) is 45.4 Å². The zero-order valence-electron chi connectivity index (χ0n) is 23.3. The quantitative estimate of drug-likeness (QED) is 0.356. The Labute approximate surface area is 237 Å². The van der Waals surface area contributed by atoms with Crippen LogP contribution in [0.15, 0.2) is 41.4 Å². The molecule has 41 heavy (non-hydrogen) atoms. The van der Waals surface area contributed by atoms with Crippen molar-refractivity contribution < 1.29 is 31.1 Å². The molecular formula is C29H33F3N4O4S. The molecule has 1 saturated heterocycles. The molecule has 3 aromatic rings. The molecule has 1 amide bonds. The highest BCUT2D eigenvalue weighted by molar-refractivity contribution is 7.90. The Morgan fingerprint density at radius 1 is 1.24 bits per heavy atom. The number of hydrogen-bond acceptors (Lipinski definition) is 6. The molecule has 3 N–H and O–H groups in total. The predicted molar refractivity (Wildman–Crippen MR) is 152 cm³/mol. The topological polar surface area (TPSA) is 104 Å². The molecule has 0 radical (unpaired) electrons. The molecule has 12 heteroatoms. The van der Waals surface area contributed by atoms with Crippen LogP contribution in [0.5, 0.6) is 5.75 Å². The number of sulfone groups is 1. The predicted octanol–water partition coefficient (Wildman–Crippen LogP) is 4.22. The van der Waals surface area contributed by atoms with Gasteiger partial charge in [0.15, 0.2) is 9.84 Å². The van der Waals surface area contributed by atoms with Gasteiger partial charge in [-0.25, -0.2) is 8.42 Å². The summed E-state index contributed by atoms with van der Waals surface area (Å²) in [5, 5.41) is 6.37. The van der Waals surface area contributed by atoms with E-state index in [2.05, 4.69) is 39.3 Å². The number of piperidine rings is 1. The average Bonchev–Trinajstić information content (AvgIpc) is 3.28. The molecule has 0 unspecified atom stereocenters. The lowest BCUT2D eigenvalue weighted by molar-refractivity contribution is -0.127. The smallest absolute Gasteiger partial charge is 0.393 e. The number of fused-ring (bicyclic) bond motifs is 1. The highest BCUT2D eigenvalue weighted by Gasteiger charge is 2.30. The first-order valence-corrected chi connectivity index (χ1v) is 15.0. The van der Waals surface area contributed by atoms with Gasteiger partial charge < -0.3 is 25.3 Å². The lowest BCUT2D eigenvalue weighted by Gasteiger charge is -2.35. The fourth-order valence-electron chi connectivity index (χ4n) is 5.06. The van der Waals surface area contributed by atoms with Crippen molar-refractivity contribution in [1.82, 2.24) is 15.2 Å².